The lowest BCUT2D eigenvalue weighted by Gasteiger charge is -2.18. The Morgan fingerprint density at radius 3 is 3.14 bits per heavy atom. The van der Waals surface area contributed by atoms with Crippen molar-refractivity contribution in [2.24, 2.45) is 7.05 Å². The van der Waals surface area contributed by atoms with Crippen molar-refractivity contribution in [1.29, 1.82) is 0 Å². The van der Waals surface area contributed by atoms with Gasteiger partial charge in [-0.3, -0.25) is 4.68 Å². The smallest absolute Gasteiger partial charge is 0.258 e. The second kappa shape index (κ2) is 4.82. The molecule has 0 aliphatic carbocycles. The lowest BCUT2D eigenvalue weighted by atomic mass is 9.95. The molecule has 0 bridgehead atoms. The van der Waals surface area contributed by atoms with Gasteiger partial charge in [0.25, 0.3) is 5.89 Å². The van der Waals surface area contributed by atoms with E-state index in [0.29, 0.717) is 11.7 Å². The molecule has 0 fully saturated rings. The third-order valence-electron chi connectivity index (χ3n) is 3.76. The molecule has 3 aromatic rings. The molecule has 0 atom stereocenters. The van der Waals surface area contributed by atoms with Crippen molar-refractivity contribution in [3.8, 4) is 22.8 Å². The van der Waals surface area contributed by atoms with E-state index >= 15 is 0 Å². The van der Waals surface area contributed by atoms with Crippen LogP contribution in [-0.2, 0) is 20.0 Å². The fourth-order valence-electron chi connectivity index (χ4n) is 2.72. The molecule has 1 aliphatic heterocycles. The molecule has 0 saturated carbocycles. The molecule has 0 saturated heterocycles. The highest BCUT2D eigenvalue weighted by Gasteiger charge is 2.18. The summed E-state index contributed by atoms with van der Waals surface area (Å²) in [5.41, 5.74) is 4.51. The van der Waals surface area contributed by atoms with E-state index in [1.165, 1.54) is 11.1 Å². The minimum Gasteiger partial charge on any atom is -0.334 e. The highest BCUT2D eigenvalue weighted by molar-refractivity contribution is 5.64. The van der Waals surface area contributed by atoms with Gasteiger partial charge in [-0.2, -0.15) is 10.1 Å². The monoisotopic (exact) mass is 281 g/mol. The van der Waals surface area contributed by atoms with Gasteiger partial charge >= 0.3 is 0 Å². The molecule has 106 valence electrons. The first kappa shape index (κ1) is 12.3. The molecule has 1 N–H and O–H groups in total. The summed E-state index contributed by atoms with van der Waals surface area (Å²) in [7, 11) is 1.87. The first-order chi connectivity index (χ1) is 10.3. The standard InChI is InChI=1S/C15H15N5O/c1-20-9-11(8-17-20)14-18-15(21-19-14)13-4-2-3-10-7-16-6-5-12(10)13/h2-4,8-9,16H,5-7H2,1H3. The predicted molar refractivity (Wildman–Crippen MR) is 77.3 cm³/mol. The Hall–Kier alpha value is -2.47. The molecule has 0 unspecified atom stereocenters. The van der Waals surface area contributed by atoms with Gasteiger partial charge in [0.05, 0.1) is 11.8 Å². The van der Waals surface area contributed by atoms with Crippen molar-refractivity contribution in [2.45, 2.75) is 13.0 Å². The highest BCUT2D eigenvalue weighted by Crippen LogP contribution is 2.28. The second-order valence-electron chi connectivity index (χ2n) is 5.20. The second-order valence-corrected chi connectivity index (χ2v) is 5.20. The van der Waals surface area contributed by atoms with E-state index < -0.39 is 0 Å². The molecule has 6 heteroatoms. The molecule has 4 rings (SSSR count). The van der Waals surface area contributed by atoms with E-state index in [1.807, 2.05) is 25.4 Å². The van der Waals surface area contributed by atoms with Crippen LogP contribution in [0.15, 0.2) is 35.1 Å². The molecular formula is C15H15N5O. The summed E-state index contributed by atoms with van der Waals surface area (Å²) in [6.45, 7) is 1.88. The van der Waals surface area contributed by atoms with Crippen LogP contribution in [-0.4, -0.2) is 26.5 Å². The van der Waals surface area contributed by atoms with E-state index in [2.05, 4.69) is 26.6 Å². The summed E-state index contributed by atoms with van der Waals surface area (Å²) in [4.78, 5) is 4.52. The number of nitrogens with one attached hydrogen (secondary N) is 1. The van der Waals surface area contributed by atoms with Crippen molar-refractivity contribution >= 4 is 0 Å². The van der Waals surface area contributed by atoms with Gasteiger partial charge in [-0.25, -0.2) is 0 Å². The molecule has 0 radical (unpaired) electrons. The van der Waals surface area contributed by atoms with E-state index in [1.54, 1.807) is 10.9 Å². The molecule has 6 nitrogen and oxygen atoms in total. The minimum absolute atomic E-state index is 0.574. The third kappa shape index (κ3) is 2.13. The molecular weight excluding hydrogens is 266 g/mol. The SMILES string of the molecule is Cn1cc(-c2noc(-c3cccc4c3CCNC4)n2)cn1. The highest BCUT2D eigenvalue weighted by atomic mass is 16.5. The first-order valence-electron chi connectivity index (χ1n) is 6.96. The van der Waals surface area contributed by atoms with Gasteiger partial charge in [0.1, 0.15) is 0 Å². The Morgan fingerprint density at radius 2 is 2.29 bits per heavy atom. The Balaban J connectivity index is 1.76. The van der Waals surface area contributed by atoms with Crippen LogP contribution in [0.2, 0.25) is 0 Å². The van der Waals surface area contributed by atoms with Gasteiger partial charge < -0.3 is 9.84 Å². The van der Waals surface area contributed by atoms with Crippen molar-refractivity contribution < 1.29 is 4.52 Å². The molecule has 0 spiro atoms. The van der Waals surface area contributed by atoms with Gasteiger partial charge in [0.2, 0.25) is 5.82 Å². The summed E-state index contributed by atoms with van der Waals surface area (Å²) in [5, 5.41) is 11.6. The van der Waals surface area contributed by atoms with E-state index in [9.17, 15) is 0 Å². The number of benzene rings is 1. The van der Waals surface area contributed by atoms with E-state index in [-0.39, 0.29) is 0 Å². The number of rotatable bonds is 2. The van der Waals surface area contributed by atoms with Crippen LogP contribution in [0.3, 0.4) is 0 Å². The zero-order valence-corrected chi connectivity index (χ0v) is 11.7. The van der Waals surface area contributed by atoms with Crippen molar-refractivity contribution in [3.05, 3.63) is 41.7 Å². The summed E-state index contributed by atoms with van der Waals surface area (Å²) in [6.07, 6.45) is 4.59. The van der Waals surface area contributed by atoms with Crippen LogP contribution in [0, 0.1) is 0 Å². The van der Waals surface area contributed by atoms with Gasteiger partial charge in [0, 0.05) is 25.4 Å². The van der Waals surface area contributed by atoms with Crippen LogP contribution < -0.4 is 5.32 Å². The molecule has 0 amide bonds. The number of aromatic nitrogens is 4. The molecule has 1 aliphatic rings. The Kier molecular flexibility index (Phi) is 2.82. The van der Waals surface area contributed by atoms with Gasteiger partial charge in [-0.15, -0.1) is 0 Å². The number of nitrogens with zero attached hydrogens (tertiary/aromatic N) is 4. The van der Waals surface area contributed by atoms with E-state index in [4.69, 9.17) is 4.52 Å². The summed E-state index contributed by atoms with van der Waals surface area (Å²) in [6, 6.07) is 6.23. The van der Waals surface area contributed by atoms with Crippen LogP contribution in [0.1, 0.15) is 11.1 Å². The molecule has 3 heterocycles. The lowest BCUT2D eigenvalue weighted by Crippen LogP contribution is -2.24. The van der Waals surface area contributed by atoms with Gasteiger partial charge in [-0.1, -0.05) is 17.3 Å². The van der Waals surface area contributed by atoms with Gasteiger partial charge in [0.15, 0.2) is 0 Å². The molecule has 2 aromatic heterocycles. The Labute approximate surface area is 121 Å². The number of aryl methyl sites for hydroxylation is 1. The van der Waals surface area contributed by atoms with Crippen LogP contribution >= 0.6 is 0 Å². The maximum atomic E-state index is 5.46. The van der Waals surface area contributed by atoms with Crippen molar-refractivity contribution in [1.82, 2.24) is 25.2 Å². The van der Waals surface area contributed by atoms with Crippen LogP contribution in [0.5, 0.6) is 0 Å². The zero-order chi connectivity index (χ0) is 14.2. The minimum atomic E-state index is 0.574. The summed E-state index contributed by atoms with van der Waals surface area (Å²) < 4.78 is 7.19. The van der Waals surface area contributed by atoms with Crippen molar-refractivity contribution in [2.75, 3.05) is 6.54 Å². The lowest BCUT2D eigenvalue weighted by molar-refractivity contribution is 0.431. The third-order valence-corrected chi connectivity index (χ3v) is 3.76. The fraction of sp³-hybridized carbons (Fsp3) is 0.267. The number of fused-ring (bicyclic) bond motifs is 1. The van der Waals surface area contributed by atoms with Gasteiger partial charge in [-0.05, 0) is 30.2 Å². The topological polar surface area (TPSA) is 68.8 Å². The average Bonchev–Trinajstić information content (AvgIpc) is 3.15. The summed E-state index contributed by atoms with van der Waals surface area (Å²) in [5.74, 6) is 1.15. The maximum Gasteiger partial charge on any atom is 0.258 e. The number of hydrogen-bond donors (Lipinski definition) is 1. The number of hydrogen-bond acceptors (Lipinski definition) is 5. The van der Waals surface area contributed by atoms with Crippen LogP contribution in [0.25, 0.3) is 22.8 Å². The normalized spacial score (nSPS) is 14.1. The Bertz CT molecular complexity index is 789. The quantitative estimate of drug-likeness (QED) is 0.775. The fourth-order valence-corrected chi connectivity index (χ4v) is 2.72. The molecule has 1 aromatic carbocycles. The largest absolute Gasteiger partial charge is 0.334 e. The van der Waals surface area contributed by atoms with E-state index in [0.717, 1.165) is 30.6 Å². The Morgan fingerprint density at radius 1 is 1.33 bits per heavy atom. The first-order valence-corrected chi connectivity index (χ1v) is 6.96. The molecule has 21 heavy (non-hydrogen) atoms. The average molecular weight is 281 g/mol. The zero-order valence-electron chi connectivity index (χ0n) is 11.7. The summed E-state index contributed by atoms with van der Waals surface area (Å²) >= 11 is 0. The maximum absolute atomic E-state index is 5.46. The van der Waals surface area contributed by atoms with Crippen molar-refractivity contribution in [3.63, 3.8) is 0 Å². The predicted octanol–water partition coefficient (Wildman–Crippen LogP) is 1.78. The van der Waals surface area contributed by atoms with Crippen LogP contribution in [0.4, 0.5) is 0 Å².